The highest BCUT2D eigenvalue weighted by molar-refractivity contribution is 5.76. The second-order valence-corrected chi connectivity index (χ2v) is 9.73. The summed E-state index contributed by atoms with van der Waals surface area (Å²) in [7, 11) is 3.38. The summed E-state index contributed by atoms with van der Waals surface area (Å²) in [5.41, 5.74) is 2.74. The van der Waals surface area contributed by atoms with Gasteiger partial charge in [-0.05, 0) is 54.3 Å². The number of piperidine rings is 1. The van der Waals surface area contributed by atoms with Crippen LogP contribution < -0.4 is 20.3 Å². The molecule has 0 aliphatic carbocycles. The van der Waals surface area contributed by atoms with Crippen LogP contribution in [-0.2, 0) is 36.2 Å². The van der Waals surface area contributed by atoms with Gasteiger partial charge in [-0.1, -0.05) is 24.3 Å². The Labute approximate surface area is 216 Å². The first-order valence-electron chi connectivity index (χ1n) is 12.7. The van der Waals surface area contributed by atoms with Gasteiger partial charge in [-0.25, -0.2) is 0 Å². The van der Waals surface area contributed by atoms with E-state index in [1.54, 1.807) is 24.9 Å². The van der Waals surface area contributed by atoms with Crippen LogP contribution in [0.2, 0.25) is 0 Å². The number of fused-ring (bicyclic) bond motifs is 5. The first-order chi connectivity index (χ1) is 18.0. The molecule has 0 radical (unpaired) electrons. The van der Waals surface area contributed by atoms with Crippen LogP contribution in [0.4, 0.5) is 0 Å². The van der Waals surface area contributed by atoms with Crippen LogP contribution in [0.3, 0.4) is 0 Å². The average molecular weight is 504 g/mol. The van der Waals surface area contributed by atoms with E-state index in [2.05, 4.69) is 10.2 Å². The van der Waals surface area contributed by atoms with Crippen molar-refractivity contribution in [3.05, 3.63) is 87.8 Å². The zero-order valence-electron chi connectivity index (χ0n) is 21.3. The Morgan fingerprint density at radius 1 is 1.05 bits per heavy atom. The number of carbonyl (C=O) groups excluding carboxylic acids is 1. The summed E-state index contributed by atoms with van der Waals surface area (Å²) in [5.74, 6) is 1.93. The Hall–Kier alpha value is -3.62. The molecule has 4 bridgehead atoms. The Bertz CT molecular complexity index is 1320. The summed E-state index contributed by atoms with van der Waals surface area (Å²) in [6.07, 6.45) is 3.31. The maximum Gasteiger partial charge on any atom is 0.254 e. The molecule has 3 heterocycles. The zero-order chi connectivity index (χ0) is 25.8. The number of rotatable bonds is 3. The van der Waals surface area contributed by atoms with Crippen LogP contribution in [-0.4, -0.2) is 47.7 Å². The number of nitrogens with zero attached hydrogens (tertiary/aromatic N) is 2. The second kappa shape index (κ2) is 11.2. The van der Waals surface area contributed by atoms with Gasteiger partial charge < -0.3 is 24.1 Å². The van der Waals surface area contributed by atoms with Gasteiger partial charge in [0.05, 0.1) is 25.9 Å². The molecule has 1 fully saturated rings. The van der Waals surface area contributed by atoms with Gasteiger partial charge in [0, 0.05) is 44.9 Å². The first-order valence-corrected chi connectivity index (χ1v) is 12.7. The monoisotopic (exact) mass is 503 g/mol. The lowest BCUT2D eigenvalue weighted by Crippen LogP contribution is -2.55. The first kappa shape index (κ1) is 25.0. The molecule has 0 unspecified atom stereocenters. The third-order valence-electron chi connectivity index (χ3n) is 7.04. The van der Waals surface area contributed by atoms with Gasteiger partial charge in [-0.15, -0.1) is 0 Å². The molecule has 1 aromatic heterocycles. The van der Waals surface area contributed by atoms with Crippen LogP contribution in [0.1, 0.15) is 29.5 Å². The van der Waals surface area contributed by atoms with Crippen LogP contribution >= 0.6 is 0 Å². The molecule has 2 aliphatic rings. The number of amides is 1. The minimum Gasteiger partial charge on any atom is -0.493 e. The van der Waals surface area contributed by atoms with Crippen molar-refractivity contribution < 1.29 is 19.0 Å². The number of ether oxygens (including phenoxy) is 3. The highest BCUT2D eigenvalue weighted by atomic mass is 16.5. The predicted octanol–water partition coefficient (Wildman–Crippen LogP) is 3.41. The number of carbonyl (C=O) groups is 1. The smallest absolute Gasteiger partial charge is 0.254 e. The Morgan fingerprint density at radius 3 is 2.81 bits per heavy atom. The molecular formula is C29H33N3O5. The van der Waals surface area contributed by atoms with Crippen molar-refractivity contribution >= 4 is 5.91 Å². The maximum absolute atomic E-state index is 13.0. The number of benzene rings is 2. The number of aryl methyl sites for hydroxylation is 2. The van der Waals surface area contributed by atoms with Gasteiger partial charge in [-0.3, -0.25) is 14.5 Å². The molecular weight excluding hydrogens is 470 g/mol. The van der Waals surface area contributed by atoms with Gasteiger partial charge in [0.1, 0.15) is 5.75 Å². The summed E-state index contributed by atoms with van der Waals surface area (Å²) in [6.45, 7) is 2.35. The van der Waals surface area contributed by atoms with Crippen LogP contribution in [0.15, 0.2) is 65.6 Å². The molecule has 1 amide bonds. The summed E-state index contributed by atoms with van der Waals surface area (Å²) < 4.78 is 19.6. The summed E-state index contributed by atoms with van der Waals surface area (Å²) in [5, 5.41) is 3.22. The van der Waals surface area contributed by atoms with E-state index in [0.717, 1.165) is 29.7 Å². The van der Waals surface area contributed by atoms with Crippen molar-refractivity contribution in [3.8, 4) is 17.2 Å². The SMILES string of the molecule is COc1ccc2cc1Oc1cccc(c1)CO[C@@H]1CCN(Cc3cccn(C)c3=O)C[C@@H]1NC(=O)CC2. The van der Waals surface area contributed by atoms with E-state index in [9.17, 15) is 9.59 Å². The number of pyridine rings is 1. The number of hydrogen-bond acceptors (Lipinski definition) is 6. The van der Waals surface area contributed by atoms with Crippen molar-refractivity contribution in [1.82, 2.24) is 14.8 Å². The van der Waals surface area contributed by atoms with E-state index in [1.165, 1.54) is 0 Å². The zero-order valence-corrected chi connectivity index (χ0v) is 21.3. The number of aromatic nitrogens is 1. The average Bonchev–Trinajstić information content (AvgIpc) is 2.90. The van der Waals surface area contributed by atoms with Gasteiger partial charge in [0.25, 0.3) is 5.56 Å². The van der Waals surface area contributed by atoms with Gasteiger partial charge >= 0.3 is 0 Å². The topological polar surface area (TPSA) is 82.0 Å². The van der Waals surface area contributed by atoms with Gasteiger partial charge in [0.15, 0.2) is 11.5 Å². The lowest BCUT2D eigenvalue weighted by molar-refractivity contribution is -0.124. The van der Waals surface area contributed by atoms with E-state index >= 15 is 0 Å². The van der Waals surface area contributed by atoms with Crippen molar-refractivity contribution in [1.29, 1.82) is 0 Å². The molecule has 5 rings (SSSR count). The lowest BCUT2D eigenvalue weighted by atomic mass is 10.0. The van der Waals surface area contributed by atoms with Crippen LogP contribution in [0, 0.1) is 0 Å². The van der Waals surface area contributed by atoms with E-state index in [1.807, 2.05) is 54.6 Å². The molecule has 37 heavy (non-hydrogen) atoms. The molecule has 3 aromatic rings. The molecule has 2 aromatic carbocycles. The van der Waals surface area contributed by atoms with E-state index in [4.69, 9.17) is 14.2 Å². The minimum absolute atomic E-state index is 0.00735. The molecule has 0 spiro atoms. The summed E-state index contributed by atoms with van der Waals surface area (Å²) >= 11 is 0. The second-order valence-electron chi connectivity index (χ2n) is 9.73. The molecule has 2 aliphatic heterocycles. The molecule has 8 nitrogen and oxygen atoms in total. The number of methoxy groups -OCH3 is 1. The molecule has 8 heteroatoms. The third-order valence-corrected chi connectivity index (χ3v) is 7.04. The molecule has 1 saturated heterocycles. The van der Waals surface area contributed by atoms with Gasteiger partial charge in [-0.2, -0.15) is 0 Å². The van der Waals surface area contributed by atoms with E-state index < -0.39 is 0 Å². The maximum atomic E-state index is 13.0. The van der Waals surface area contributed by atoms with Crippen molar-refractivity contribution in [3.63, 3.8) is 0 Å². The Balaban J connectivity index is 1.37. The Morgan fingerprint density at radius 2 is 1.95 bits per heavy atom. The fourth-order valence-corrected chi connectivity index (χ4v) is 5.02. The van der Waals surface area contributed by atoms with Crippen molar-refractivity contribution in [2.75, 3.05) is 20.2 Å². The molecule has 2 atom stereocenters. The van der Waals surface area contributed by atoms with Crippen LogP contribution in [0.25, 0.3) is 0 Å². The van der Waals surface area contributed by atoms with E-state index in [-0.39, 0.29) is 23.6 Å². The number of nitrogens with one attached hydrogen (secondary N) is 1. The normalized spacial score (nSPS) is 20.5. The van der Waals surface area contributed by atoms with Crippen molar-refractivity contribution in [2.24, 2.45) is 7.05 Å². The molecule has 194 valence electrons. The highest BCUT2D eigenvalue weighted by Crippen LogP contribution is 2.33. The quantitative estimate of drug-likeness (QED) is 0.590. The highest BCUT2D eigenvalue weighted by Gasteiger charge is 2.31. The lowest BCUT2D eigenvalue weighted by Gasteiger charge is -2.38. The standard InChI is InChI=1S/C29H33N3O5/c1-31-13-4-6-22(29(31)34)17-32-14-12-25-24(18-32)30-28(33)11-9-20-8-10-26(35-2)27(16-20)37-23-7-3-5-21(15-23)19-36-25/h3-8,10,13,15-16,24-25H,9,11-12,14,17-19H2,1-2H3,(H,30,33)/t24-,25+/m0/s1. The van der Waals surface area contributed by atoms with Crippen LogP contribution in [0.5, 0.6) is 17.2 Å². The van der Waals surface area contributed by atoms with Gasteiger partial charge in [0.2, 0.25) is 5.91 Å². The molecule has 1 N–H and O–H groups in total. The predicted molar refractivity (Wildman–Crippen MR) is 140 cm³/mol. The number of likely N-dealkylation sites (tertiary alicyclic amines) is 1. The van der Waals surface area contributed by atoms with Crippen molar-refractivity contribution in [2.45, 2.75) is 44.6 Å². The third kappa shape index (κ3) is 6.03. The fraction of sp³-hybridized carbons (Fsp3) is 0.379. The summed E-state index contributed by atoms with van der Waals surface area (Å²) in [6, 6.07) is 17.2. The molecule has 0 saturated carbocycles. The minimum atomic E-state index is -0.176. The van der Waals surface area contributed by atoms with E-state index in [0.29, 0.717) is 49.8 Å². The largest absolute Gasteiger partial charge is 0.493 e. The Kier molecular flexibility index (Phi) is 7.58. The number of hydrogen-bond donors (Lipinski definition) is 1. The fourth-order valence-electron chi connectivity index (χ4n) is 5.02. The summed E-state index contributed by atoms with van der Waals surface area (Å²) in [4.78, 5) is 27.8.